The summed E-state index contributed by atoms with van der Waals surface area (Å²) in [6, 6.07) is 10.4. The van der Waals surface area contributed by atoms with Gasteiger partial charge in [-0.05, 0) is 18.4 Å². The molecule has 0 bridgehead atoms. The van der Waals surface area contributed by atoms with Crippen molar-refractivity contribution in [1.82, 2.24) is 0 Å². The molecule has 0 spiro atoms. The van der Waals surface area contributed by atoms with E-state index in [1.165, 1.54) is 5.56 Å². The van der Waals surface area contributed by atoms with Crippen LogP contribution >= 0.6 is 22.6 Å². The van der Waals surface area contributed by atoms with Gasteiger partial charge in [-0.3, -0.25) is 0 Å². The molecule has 0 aromatic heterocycles. The van der Waals surface area contributed by atoms with Crippen LogP contribution in [0.3, 0.4) is 0 Å². The van der Waals surface area contributed by atoms with Crippen LogP contribution in [0.4, 0.5) is 0 Å². The van der Waals surface area contributed by atoms with Gasteiger partial charge in [0, 0.05) is 3.92 Å². The quantitative estimate of drug-likeness (QED) is 0.661. The van der Waals surface area contributed by atoms with Crippen molar-refractivity contribution in [3.63, 3.8) is 0 Å². The van der Waals surface area contributed by atoms with Crippen LogP contribution in [0.25, 0.3) is 0 Å². The standard InChI is InChI=1S/C10H13IO/c11-10(8-12)7-6-9-4-2-1-3-5-9/h1-5,10,12H,6-8H2. The maximum absolute atomic E-state index is 8.81. The number of hydrogen-bond donors (Lipinski definition) is 1. The van der Waals surface area contributed by atoms with Crippen molar-refractivity contribution < 1.29 is 5.11 Å². The highest BCUT2D eigenvalue weighted by Crippen LogP contribution is 2.10. The minimum atomic E-state index is 0.285. The lowest BCUT2D eigenvalue weighted by molar-refractivity contribution is 0.295. The molecule has 0 aliphatic carbocycles. The van der Waals surface area contributed by atoms with Gasteiger partial charge in [0.15, 0.2) is 0 Å². The Bertz CT molecular complexity index is 210. The highest BCUT2D eigenvalue weighted by atomic mass is 127. The van der Waals surface area contributed by atoms with Gasteiger partial charge in [-0.15, -0.1) is 0 Å². The van der Waals surface area contributed by atoms with Gasteiger partial charge in [-0.25, -0.2) is 0 Å². The first-order valence-electron chi connectivity index (χ1n) is 4.12. The Hall–Kier alpha value is -0.0900. The largest absolute Gasteiger partial charge is 0.395 e. The van der Waals surface area contributed by atoms with E-state index < -0.39 is 0 Å². The minimum Gasteiger partial charge on any atom is -0.395 e. The van der Waals surface area contributed by atoms with E-state index in [1.807, 2.05) is 6.07 Å². The maximum atomic E-state index is 8.81. The third-order valence-corrected chi connectivity index (χ3v) is 2.80. The molecule has 0 heterocycles. The fraction of sp³-hybridized carbons (Fsp3) is 0.400. The molecule has 1 aromatic carbocycles. The molecule has 12 heavy (non-hydrogen) atoms. The summed E-state index contributed by atoms with van der Waals surface area (Å²) >= 11 is 2.28. The van der Waals surface area contributed by atoms with Crippen LogP contribution in [-0.4, -0.2) is 15.6 Å². The van der Waals surface area contributed by atoms with Crippen LogP contribution in [0.5, 0.6) is 0 Å². The van der Waals surface area contributed by atoms with E-state index in [-0.39, 0.29) is 6.61 Å². The van der Waals surface area contributed by atoms with Gasteiger partial charge in [0.05, 0.1) is 6.61 Å². The molecule has 0 aliphatic heterocycles. The van der Waals surface area contributed by atoms with Gasteiger partial charge in [-0.2, -0.15) is 0 Å². The zero-order chi connectivity index (χ0) is 8.81. The zero-order valence-corrected chi connectivity index (χ0v) is 9.07. The fourth-order valence-corrected chi connectivity index (χ4v) is 1.37. The van der Waals surface area contributed by atoms with Crippen molar-refractivity contribution in [2.24, 2.45) is 0 Å². The molecule has 1 atom stereocenters. The molecule has 0 saturated heterocycles. The van der Waals surface area contributed by atoms with Gasteiger partial charge in [-0.1, -0.05) is 52.9 Å². The maximum Gasteiger partial charge on any atom is 0.0549 e. The Morgan fingerprint density at radius 2 is 1.92 bits per heavy atom. The van der Waals surface area contributed by atoms with E-state index in [0.29, 0.717) is 3.92 Å². The van der Waals surface area contributed by atoms with Gasteiger partial charge in [0.25, 0.3) is 0 Å². The molecule has 1 rings (SSSR count). The number of alkyl halides is 1. The van der Waals surface area contributed by atoms with Crippen LogP contribution < -0.4 is 0 Å². The van der Waals surface area contributed by atoms with Crippen molar-refractivity contribution in [2.75, 3.05) is 6.61 Å². The van der Waals surface area contributed by atoms with E-state index in [9.17, 15) is 0 Å². The molecule has 2 heteroatoms. The number of rotatable bonds is 4. The number of aliphatic hydroxyl groups is 1. The van der Waals surface area contributed by atoms with E-state index in [0.717, 1.165) is 12.8 Å². The summed E-state index contributed by atoms with van der Waals surface area (Å²) in [6.45, 7) is 0.285. The van der Waals surface area contributed by atoms with Crippen molar-refractivity contribution in [3.05, 3.63) is 35.9 Å². The second kappa shape index (κ2) is 5.54. The van der Waals surface area contributed by atoms with Crippen molar-refractivity contribution in [2.45, 2.75) is 16.8 Å². The average molecular weight is 276 g/mol. The van der Waals surface area contributed by atoms with Crippen LogP contribution in [0.2, 0.25) is 0 Å². The Morgan fingerprint density at radius 1 is 1.25 bits per heavy atom. The Kier molecular flexibility index (Phi) is 4.61. The van der Waals surface area contributed by atoms with Gasteiger partial charge in [0.1, 0.15) is 0 Å². The lowest BCUT2D eigenvalue weighted by Crippen LogP contribution is -2.04. The third kappa shape index (κ3) is 3.54. The minimum absolute atomic E-state index is 0.285. The van der Waals surface area contributed by atoms with E-state index in [4.69, 9.17) is 5.11 Å². The summed E-state index contributed by atoms with van der Waals surface area (Å²) in [4.78, 5) is 0. The molecule has 1 aromatic rings. The summed E-state index contributed by atoms with van der Waals surface area (Å²) in [5.74, 6) is 0. The molecule has 1 N–H and O–H groups in total. The molecular formula is C10H13IO. The van der Waals surface area contributed by atoms with E-state index >= 15 is 0 Å². The van der Waals surface area contributed by atoms with Crippen molar-refractivity contribution >= 4 is 22.6 Å². The average Bonchev–Trinajstić information content (AvgIpc) is 2.16. The first-order valence-corrected chi connectivity index (χ1v) is 5.36. The number of aryl methyl sites for hydroxylation is 1. The Morgan fingerprint density at radius 3 is 2.50 bits per heavy atom. The summed E-state index contributed by atoms with van der Waals surface area (Å²) in [5, 5.41) is 8.81. The number of aliphatic hydroxyl groups excluding tert-OH is 1. The number of benzene rings is 1. The molecule has 0 aliphatic rings. The summed E-state index contributed by atoms with van der Waals surface area (Å²) in [5.41, 5.74) is 1.35. The van der Waals surface area contributed by atoms with Crippen LogP contribution in [0, 0.1) is 0 Å². The SMILES string of the molecule is OCC(I)CCc1ccccc1. The predicted molar refractivity (Wildman–Crippen MR) is 59.7 cm³/mol. The molecule has 0 amide bonds. The Labute approximate surface area is 86.9 Å². The van der Waals surface area contributed by atoms with Crippen molar-refractivity contribution in [1.29, 1.82) is 0 Å². The first-order chi connectivity index (χ1) is 5.83. The highest BCUT2D eigenvalue weighted by molar-refractivity contribution is 14.1. The van der Waals surface area contributed by atoms with Gasteiger partial charge in [0.2, 0.25) is 0 Å². The zero-order valence-electron chi connectivity index (χ0n) is 6.91. The molecule has 0 fully saturated rings. The smallest absolute Gasteiger partial charge is 0.0549 e. The molecule has 1 nitrogen and oxygen atoms in total. The molecule has 66 valence electrons. The van der Waals surface area contributed by atoms with Crippen molar-refractivity contribution in [3.8, 4) is 0 Å². The van der Waals surface area contributed by atoms with Gasteiger partial charge >= 0.3 is 0 Å². The van der Waals surface area contributed by atoms with Gasteiger partial charge < -0.3 is 5.11 Å². The number of hydrogen-bond acceptors (Lipinski definition) is 1. The topological polar surface area (TPSA) is 20.2 Å². The second-order valence-corrected chi connectivity index (χ2v) is 4.57. The Balaban J connectivity index is 2.33. The van der Waals surface area contributed by atoms with E-state index in [1.54, 1.807) is 0 Å². The lowest BCUT2D eigenvalue weighted by atomic mass is 10.1. The highest BCUT2D eigenvalue weighted by Gasteiger charge is 2.01. The molecule has 0 saturated carbocycles. The monoisotopic (exact) mass is 276 g/mol. The third-order valence-electron chi connectivity index (χ3n) is 1.79. The van der Waals surface area contributed by atoms with Crippen LogP contribution in [-0.2, 0) is 6.42 Å². The normalized spacial score (nSPS) is 12.8. The molecule has 1 unspecified atom stereocenters. The summed E-state index contributed by atoms with van der Waals surface area (Å²) in [7, 11) is 0. The molecular weight excluding hydrogens is 263 g/mol. The number of halogens is 1. The van der Waals surface area contributed by atoms with E-state index in [2.05, 4.69) is 46.9 Å². The molecule has 0 radical (unpaired) electrons. The predicted octanol–water partition coefficient (Wildman–Crippen LogP) is 2.42. The lowest BCUT2D eigenvalue weighted by Gasteiger charge is -2.04. The summed E-state index contributed by atoms with van der Waals surface area (Å²) < 4.78 is 0.391. The van der Waals surface area contributed by atoms with Crippen LogP contribution in [0.1, 0.15) is 12.0 Å². The summed E-state index contributed by atoms with van der Waals surface area (Å²) in [6.07, 6.45) is 2.12. The first kappa shape index (κ1) is 9.99. The van der Waals surface area contributed by atoms with Crippen LogP contribution in [0.15, 0.2) is 30.3 Å². The fourth-order valence-electron chi connectivity index (χ4n) is 1.06. The second-order valence-electron chi connectivity index (χ2n) is 2.80.